The van der Waals surface area contributed by atoms with Crippen LogP contribution in [0, 0.1) is 5.41 Å². The van der Waals surface area contributed by atoms with Gasteiger partial charge in [0.15, 0.2) is 0 Å². The third-order valence-corrected chi connectivity index (χ3v) is 5.03. The summed E-state index contributed by atoms with van der Waals surface area (Å²) in [4.78, 5) is 0. The molecule has 1 spiro atoms. The van der Waals surface area contributed by atoms with Crippen LogP contribution in [0.4, 0.5) is 0 Å². The maximum absolute atomic E-state index is 6.19. The van der Waals surface area contributed by atoms with Gasteiger partial charge in [-0.3, -0.25) is 0 Å². The van der Waals surface area contributed by atoms with Crippen molar-refractivity contribution in [1.29, 1.82) is 0 Å². The molecule has 2 nitrogen and oxygen atoms in total. The molecule has 2 rings (SSSR count). The Morgan fingerprint density at radius 1 is 1.11 bits per heavy atom. The maximum Gasteiger partial charge on any atom is 0.0661 e. The molecule has 0 aromatic rings. The molecule has 2 fully saturated rings. The molecule has 2 aliphatic carbocycles. The standard InChI is InChI=1S/C16H31NO/c1-3-5-8-12-18-15-13-14(17-11-4-2)16(15)9-6-7-10-16/h14-15,17H,3-13H2,1-2H3. The molecule has 2 atom stereocenters. The van der Waals surface area contributed by atoms with Gasteiger partial charge in [-0.2, -0.15) is 0 Å². The van der Waals surface area contributed by atoms with E-state index >= 15 is 0 Å². The van der Waals surface area contributed by atoms with Crippen LogP contribution in [-0.4, -0.2) is 25.3 Å². The average Bonchev–Trinajstić information content (AvgIpc) is 2.88. The molecule has 0 bridgehead atoms. The van der Waals surface area contributed by atoms with Crippen molar-refractivity contribution in [3.05, 3.63) is 0 Å². The quantitative estimate of drug-likeness (QED) is 0.663. The molecule has 0 aromatic heterocycles. The number of unbranched alkanes of at least 4 members (excludes halogenated alkanes) is 2. The highest BCUT2D eigenvalue weighted by Crippen LogP contribution is 2.54. The molecule has 0 heterocycles. The van der Waals surface area contributed by atoms with E-state index in [1.165, 1.54) is 64.3 Å². The number of ether oxygens (including phenoxy) is 1. The van der Waals surface area contributed by atoms with Crippen molar-refractivity contribution in [3.63, 3.8) is 0 Å². The van der Waals surface area contributed by atoms with Crippen LogP contribution >= 0.6 is 0 Å². The third-order valence-electron chi connectivity index (χ3n) is 5.03. The van der Waals surface area contributed by atoms with E-state index < -0.39 is 0 Å². The van der Waals surface area contributed by atoms with Gasteiger partial charge in [0.1, 0.15) is 0 Å². The first kappa shape index (κ1) is 14.3. The van der Waals surface area contributed by atoms with Crippen LogP contribution in [0.1, 0.15) is 71.6 Å². The van der Waals surface area contributed by atoms with Crippen molar-refractivity contribution >= 4 is 0 Å². The lowest BCUT2D eigenvalue weighted by atomic mass is 9.60. The molecular formula is C16H31NO. The zero-order valence-corrected chi connectivity index (χ0v) is 12.3. The molecule has 0 radical (unpaired) electrons. The molecular weight excluding hydrogens is 222 g/mol. The molecule has 1 N–H and O–H groups in total. The minimum Gasteiger partial charge on any atom is -0.378 e. The van der Waals surface area contributed by atoms with E-state index in [1.54, 1.807) is 0 Å². The lowest BCUT2D eigenvalue weighted by Crippen LogP contribution is -2.62. The molecule has 0 aliphatic heterocycles. The van der Waals surface area contributed by atoms with Crippen LogP contribution < -0.4 is 5.32 Å². The highest BCUT2D eigenvalue weighted by Gasteiger charge is 2.56. The number of hydrogen-bond acceptors (Lipinski definition) is 2. The van der Waals surface area contributed by atoms with E-state index in [1.807, 2.05) is 0 Å². The van der Waals surface area contributed by atoms with Gasteiger partial charge in [0.25, 0.3) is 0 Å². The Hall–Kier alpha value is -0.0800. The molecule has 2 saturated carbocycles. The fraction of sp³-hybridized carbons (Fsp3) is 1.00. The fourth-order valence-corrected chi connectivity index (χ4v) is 3.87. The highest BCUT2D eigenvalue weighted by atomic mass is 16.5. The topological polar surface area (TPSA) is 21.3 Å². The van der Waals surface area contributed by atoms with Crippen molar-refractivity contribution < 1.29 is 4.74 Å². The first-order valence-corrected chi connectivity index (χ1v) is 8.18. The zero-order valence-electron chi connectivity index (χ0n) is 12.3. The second-order valence-electron chi connectivity index (χ2n) is 6.25. The summed E-state index contributed by atoms with van der Waals surface area (Å²) >= 11 is 0. The highest BCUT2D eigenvalue weighted by molar-refractivity contribution is 5.09. The summed E-state index contributed by atoms with van der Waals surface area (Å²) in [6, 6.07) is 0.746. The maximum atomic E-state index is 6.19. The third kappa shape index (κ3) is 2.91. The Morgan fingerprint density at radius 2 is 1.89 bits per heavy atom. The Balaban J connectivity index is 1.77. The van der Waals surface area contributed by atoms with Gasteiger partial charge in [0.2, 0.25) is 0 Å². The first-order chi connectivity index (χ1) is 8.83. The fourth-order valence-electron chi connectivity index (χ4n) is 3.87. The van der Waals surface area contributed by atoms with E-state index in [-0.39, 0.29) is 0 Å². The monoisotopic (exact) mass is 253 g/mol. The minimum atomic E-state index is 0.515. The number of rotatable bonds is 8. The van der Waals surface area contributed by atoms with Gasteiger partial charge >= 0.3 is 0 Å². The zero-order chi connectivity index (χ0) is 12.8. The summed E-state index contributed by atoms with van der Waals surface area (Å²) in [6.07, 6.45) is 12.5. The summed E-state index contributed by atoms with van der Waals surface area (Å²) in [5.41, 5.74) is 0.515. The predicted molar refractivity (Wildman–Crippen MR) is 76.9 cm³/mol. The Morgan fingerprint density at radius 3 is 2.56 bits per heavy atom. The molecule has 2 aliphatic rings. The van der Waals surface area contributed by atoms with Gasteiger partial charge in [-0.1, -0.05) is 39.5 Å². The number of hydrogen-bond donors (Lipinski definition) is 1. The summed E-state index contributed by atoms with van der Waals surface area (Å²) in [5.74, 6) is 0. The van der Waals surface area contributed by atoms with Gasteiger partial charge in [-0.15, -0.1) is 0 Å². The molecule has 2 heteroatoms. The lowest BCUT2D eigenvalue weighted by molar-refractivity contribution is -0.133. The first-order valence-electron chi connectivity index (χ1n) is 8.18. The van der Waals surface area contributed by atoms with Gasteiger partial charge in [0.05, 0.1) is 6.10 Å². The Bertz CT molecular complexity index is 233. The van der Waals surface area contributed by atoms with Crippen LogP contribution in [0.25, 0.3) is 0 Å². The van der Waals surface area contributed by atoms with E-state index in [2.05, 4.69) is 19.2 Å². The van der Waals surface area contributed by atoms with E-state index in [0.29, 0.717) is 11.5 Å². The van der Waals surface area contributed by atoms with E-state index in [9.17, 15) is 0 Å². The summed E-state index contributed by atoms with van der Waals surface area (Å²) in [6.45, 7) is 6.67. The minimum absolute atomic E-state index is 0.515. The van der Waals surface area contributed by atoms with Crippen LogP contribution in [0.3, 0.4) is 0 Å². The summed E-state index contributed by atoms with van der Waals surface area (Å²) < 4.78 is 6.19. The van der Waals surface area contributed by atoms with Crippen molar-refractivity contribution in [1.82, 2.24) is 5.32 Å². The number of nitrogens with one attached hydrogen (secondary N) is 1. The lowest BCUT2D eigenvalue weighted by Gasteiger charge is -2.54. The van der Waals surface area contributed by atoms with Gasteiger partial charge in [-0.05, 0) is 38.6 Å². The second-order valence-corrected chi connectivity index (χ2v) is 6.25. The van der Waals surface area contributed by atoms with Crippen molar-refractivity contribution in [2.75, 3.05) is 13.2 Å². The van der Waals surface area contributed by atoms with Gasteiger partial charge in [0, 0.05) is 18.1 Å². The van der Waals surface area contributed by atoms with Crippen molar-refractivity contribution in [2.24, 2.45) is 5.41 Å². The molecule has 106 valence electrons. The largest absolute Gasteiger partial charge is 0.378 e. The van der Waals surface area contributed by atoms with E-state index in [4.69, 9.17) is 4.74 Å². The molecule has 0 saturated heterocycles. The molecule has 2 unspecified atom stereocenters. The van der Waals surface area contributed by atoms with Crippen LogP contribution in [-0.2, 0) is 4.74 Å². The van der Waals surface area contributed by atoms with Gasteiger partial charge < -0.3 is 10.1 Å². The van der Waals surface area contributed by atoms with E-state index in [0.717, 1.165) is 12.6 Å². The molecule has 0 aromatic carbocycles. The van der Waals surface area contributed by atoms with Crippen molar-refractivity contribution in [2.45, 2.75) is 83.8 Å². The SMILES string of the molecule is CCCCCOC1CC(NCCC)C12CCCC2. The average molecular weight is 253 g/mol. The smallest absolute Gasteiger partial charge is 0.0661 e. The molecule has 0 amide bonds. The van der Waals surface area contributed by atoms with Gasteiger partial charge in [-0.25, -0.2) is 0 Å². The second kappa shape index (κ2) is 6.91. The summed E-state index contributed by atoms with van der Waals surface area (Å²) in [7, 11) is 0. The van der Waals surface area contributed by atoms with Crippen LogP contribution in [0.15, 0.2) is 0 Å². The predicted octanol–water partition coefficient (Wildman–Crippen LogP) is 3.89. The van der Waals surface area contributed by atoms with Crippen molar-refractivity contribution in [3.8, 4) is 0 Å². The van der Waals surface area contributed by atoms with Crippen LogP contribution in [0.2, 0.25) is 0 Å². The summed E-state index contributed by atoms with van der Waals surface area (Å²) in [5, 5.41) is 3.75. The van der Waals surface area contributed by atoms with Crippen LogP contribution in [0.5, 0.6) is 0 Å². The molecule has 18 heavy (non-hydrogen) atoms. The normalized spacial score (nSPS) is 29.7. The Kier molecular flexibility index (Phi) is 5.50. The Labute approximate surface area is 113 Å².